The first kappa shape index (κ1) is 12.8. The Labute approximate surface area is 101 Å². The quantitative estimate of drug-likeness (QED) is 0.630. The molecule has 0 spiro atoms. The molecule has 98 valence electrons. The summed E-state index contributed by atoms with van der Waals surface area (Å²) in [4.78, 5) is 10.4. The third-order valence-corrected chi connectivity index (χ3v) is 4.84. The van der Waals surface area contributed by atoms with Gasteiger partial charge in [-0.25, -0.2) is 13.1 Å². The predicted molar refractivity (Wildman–Crippen MR) is 62.1 cm³/mol. The van der Waals surface area contributed by atoms with E-state index in [9.17, 15) is 13.2 Å². The van der Waals surface area contributed by atoms with Crippen molar-refractivity contribution in [2.24, 2.45) is 0 Å². The summed E-state index contributed by atoms with van der Waals surface area (Å²) >= 11 is 0. The maximum Gasteiger partial charge on any atom is 0.304 e. The number of fused-ring (bicyclic) bond motifs is 2. The van der Waals surface area contributed by atoms with Gasteiger partial charge >= 0.3 is 5.97 Å². The summed E-state index contributed by atoms with van der Waals surface area (Å²) in [6, 6.07) is 0.800. The van der Waals surface area contributed by atoms with Crippen LogP contribution in [0.4, 0.5) is 0 Å². The number of piperidine rings is 1. The second kappa shape index (κ2) is 4.91. The van der Waals surface area contributed by atoms with Gasteiger partial charge in [-0.2, -0.15) is 0 Å². The molecule has 0 aromatic heterocycles. The lowest BCUT2D eigenvalue weighted by Gasteiger charge is -2.29. The molecule has 2 atom stereocenters. The van der Waals surface area contributed by atoms with Crippen molar-refractivity contribution in [3.8, 4) is 0 Å². The largest absolute Gasteiger partial charge is 0.481 e. The van der Waals surface area contributed by atoms with Crippen molar-refractivity contribution in [2.75, 3.05) is 5.75 Å². The van der Waals surface area contributed by atoms with E-state index in [2.05, 4.69) is 10.0 Å². The van der Waals surface area contributed by atoms with Crippen molar-refractivity contribution in [2.45, 2.75) is 50.2 Å². The lowest BCUT2D eigenvalue weighted by Crippen LogP contribution is -2.48. The van der Waals surface area contributed by atoms with Gasteiger partial charge in [0.05, 0.1) is 12.2 Å². The predicted octanol–water partition coefficient (Wildman–Crippen LogP) is -0.336. The molecular formula is C10H18N2O4S. The highest BCUT2D eigenvalue weighted by atomic mass is 32.2. The summed E-state index contributed by atoms with van der Waals surface area (Å²) in [5.74, 6) is -1.41. The minimum absolute atomic E-state index is 0.0347. The third-order valence-electron chi connectivity index (χ3n) is 3.40. The van der Waals surface area contributed by atoms with Gasteiger partial charge in [-0.15, -0.1) is 0 Å². The van der Waals surface area contributed by atoms with E-state index in [1.165, 1.54) is 0 Å². The summed E-state index contributed by atoms with van der Waals surface area (Å²) in [6.07, 6.45) is 3.49. The molecule has 2 bridgehead atoms. The second-order valence-electron chi connectivity index (χ2n) is 4.89. The Hall–Kier alpha value is -0.660. The van der Waals surface area contributed by atoms with Crippen LogP contribution in [-0.2, 0) is 14.8 Å². The van der Waals surface area contributed by atoms with Crippen LogP contribution in [0.5, 0.6) is 0 Å². The van der Waals surface area contributed by atoms with E-state index in [4.69, 9.17) is 5.11 Å². The lowest BCUT2D eigenvalue weighted by molar-refractivity contribution is -0.136. The molecule has 2 saturated heterocycles. The van der Waals surface area contributed by atoms with Crippen LogP contribution in [0.2, 0.25) is 0 Å². The minimum Gasteiger partial charge on any atom is -0.481 e. The van der Waals surface area contributed by atoms with Gasteiger partial charge in [-0.05, 0) is 25.7 Å². The summed E-state index contributed by atoms with van der Waals surface area (Å²) in [5.41, 5.74) is 0. The Morgan fingerprint density at radius 3 is 2.41 bits per heavy atom. The fraction of sp³-hybridized carbons (Fsp3) is 0.900. The van der Waals surface area contributed by atoms with E-state index in [1.807, 2.05) is 0 Å². The summed E-state index contributed by atoms with van der Waals surface area (Å²) in [6.45, 7) is 0. The zero-order valence-corrected chi connectivity index (χ0v) is 10.4. The Bertz CT molecular complexity index is 383. The van der Waals surface area contributed by atoms with E-state index >= 15 is 0 Å². The normalized spacial score (nSPS) is 32.6. The van der Waals surface area contributed by atoms with Crippen molar-refractivity contribution in [3.63, 3.8) is 0 Å². The van der Waals surface area contributed by atoms with Gasteiger partial charge in [0.25, 0.3) is 0 Å². The average molecular weight is 262 g/mol. The van der Waals surface area contributed by atoms with E-state index in [0.29, 0.717) is 12.1 Å². The highest BCUT2D eigenvalue weighted by Gasteiger charge is 2.34. The van der Waals surface area contributed by atoms with Gasteiger partial charge < -0.3 is 10.4 Å². The van der Waals surface area contributed by atoms with Gasteiger partial charge in [0.15, 0.2) is 0 Å². The van der Waals surface area contributed by atoms with Crippen LogP contribution >= 0.6 is 0 Å². The number of nitrogens with one attached hydrogen (secondary N) is 2. The molecule has 0 aromatic carbocycles. The van der Waals surface area contributed by atoms with E-state index in [-0.39, 0.29) is 18.2 Å². The minimum atomic E-state index is -3.45. The van der Waals surface area contributed by atoms with Gasteiger partial charge in [-0.3, -0.25) is 4.79 Å². The van der Waals surface area contributed by atoms with Crippen LogP contribution in [0.15, 0.2) is 0 Å². The van der Waals surface area contributed by atoms with Gasteiger partial charge in [0.1, 0.15) is 0 Å². The van der Waals surface area contributed by atoms with E-state index in [0.717, 1.165) is 25.7 Å². The van der Waals surface area contributed by atoms with Gasteiger partial charge in [0, 0.05) is 18.1 Å². The summed E-state index contributed by atoms with van der Waals surface area (Å²) < 4.78 is 25.9. The first-order valence-corrected chi connectivity index (χ1v) is 7.58. The summed E-state index contributed by atoms with van der Waals surface area (Å²) in [5, 5.41) is 11.9. The third kappa shape index (κ3) is 3.65. The van der Waals surface area contributed by atoms with Gasteiger partial charge in [-0.1, -0.05) is 0 Å². The SMILES string of the molecule is O=C(O)CCS(=O)(=O)NC1CC2CCC(C1)N2. The maximum absolute atomic E-state index is 11.6. The van der Waals surface area contributed by atoms with E-state index < -0.39 is 16.0 Å². The molecule has 6 nitrogen and oxygen atoms in total. The van der Waals surface area contributed by atoms with Crippen LogP contribution in [0.25, 0.3) is 0 Å². The lowest BCUT2D eigenvalue weighted by atomic mass is 10.0. The fourth-order valence-electron chi connectivity index (χ4n) is 2.69. The number of sulfonamides is 1. The number of hydrogen-bond acceptors (Lipinski definition) is 4. The van der Waals surface area contributed by atoms with E-state index in [1.54, 1.807) is 0 Å². The summed E-state index contributed by atoms with van der Waals surface area (Å²) in [7, 11) is -3.45. The molecule has 7 heteroatoms. The van der Waals surface area contributed by atoms with Crippen molar-refractivity contribution < 1.29 is 18.3 Å². The highest BCUT2D eigenvalue weighted by molar-refractivity contribution is 7.89. The number of carbonyl (C=O) groups is 1. The van der Waals surface area contributed by atoms with Crippen molar-refractivity contribution >= 4 is 16.0 Å². The number of carboxylic acid groups (broad SMARTS) is 1. The molecule has 2 aliphatic heterocycles. The first-order chi connectivity index (χ1) is 7.94. The van der Waals surface area contributed by atoms with Crippen LogP contribution in [0, 0.1) is 0 Å². The molecule has 17 heavy (non-hydrogen) atoms. The van der Waals surface area contributed by atoms with Crippen molar-refractivity contribution in [1.29, 1.82) is 0 Å². The molecule has 0 radical (unpaired) electrons. The molecule has 0 aromatic rings. The Morgan fingerprint density at radius 1 is 1.29 bits per heavy atom. The van der Waals surface area contributed by atoms with Crippen LogP contribution in [0.1, 0.15) is 32.1 Å². The molecule has 2 aliphatic rings. The van der Waals surface area contributed by atoms with Crippen molar-refractivity contribution in [3.05, 3.63) is 0 Å². The van der Waals surface area contributed by atoms with Crippen LogP contribution in [0.3, 0.4) is 0 Å². The number of hydrogen-bond donors (Lipinski definition) is 3. The molecule has 0 amide bonds. The monoisotopic (exact) mass is 262 g/mol. The molecule has 0 aliphatic carbocycles. The van der Waals surface area contributed by atoms with Gasteiger partial charge in [0.2, 0.25) is 10.0 Å². The zero-order chi connectivity index (χ0) is 12.5. The Kier molecular flexibility index (Phi) is 3.70. The van der Waals surface area contributed by atoms with Crippen molar-refractivity contribution in [1.82, 2.24) is 10.0 Å². The topological polar surface area (TPSA) is 95.5 Å². The second-order valence-corrected chi connectivity index (χ2v) is 6.76. The molecule has 2 fully saturated rings. The molecule has 2 heterocycles. The smallest absolute Gasteiger partial charge is 0.304 e. The number of rotatable bonds is 5. The molecule has 3 N–H and O–H groups in total. The zero-order valence-electron chi connectivity index (χ0n) is 9.55. The standard InChI is InChI=1S/C10H18N2O4S/c13-10(14)3-4-17(15,16)12-9-5-7-1-2-8(6-9)11-7/h7-9,11-12H,1-6H2,(H,13,14). The first-order valence-electron chi connectivity index (χ1n) is 5.92. The number of carboxylic acids is 1. The van der Waals surface area contributed by atoms with Crippen LogP contribution < -0.4 is 10.0 Å². The molecule has 0 saturated carbocycles. The number of aliphatic carboxylic acids is 1. The molecule has 2 rings (SSSR count). The molecule has 2 unspecified atom stereocenters. The Morgan fingerprint density at radius 2 is 1.88 bits per heavy atom. The fourth-order valence-corrected chi connectivity index (χ4v) is 3.95. The Balaban J connectivity index is 1.85. The maximum atomic E-state index is 11.6. The highest BCUT2D eigenvalue weighted by Crippen LogP contribution is 2.27. The average Bonchev–Trinajstić information content (AvgIpc) is 2.55. The van der Waals surface area contributed by atoms with Crippen LogP contribution in [-0.4, -0.2) is 43.4 Å². The molecular weight excluding hydrogens is 244 g/mol.